The molecule has 2 N–H and O–H groups in total. The number of nitrogens with two attached hydrogens (primary N) is 1. The van der Waals surface area contributed by atoms with Crippen molar-refractivity contribution in [2.75, 3.05) is 12.3 Å². The van der Waals surface area contributed by atoms with Crippen LogP contribution >= 0.6 is 11.6 Å². The van der Waals surface area contributed by atoms with E-state index < -0.39 is 5.82 Å². The highest BCUT2D eigenvalue weighted by molar-refractivity contribution is 6.33. The van der Waals surface area contributed by atoms with Crippen molar-refractivity contribution in [2.45, 2.75) is 13.3 Å². The van der Waals surface area contributed by atoms with Crippen LogP contribution in [0.5, 0.6) is 6.01 Å². The minimum absolute atomic E-state index is 0.0245. The highest BCUT2D eigenvalue weighted by Gasteiger charge is 2.11. The van der Waals surface area contributed by atoms with Gasteiger partial charge < -0.3 is 10.5 Å². The minimum atomic E-state index is -0.432. The molecule has 1 aromatic carbocycles. The molecule has 2 aromatic rings. The summed E-state index contributed by atoms with van der Waals surface area (Å²) < 4.78 is 18.3. The van der Waals surface area contributed by atoms with Crippen LogP contribution < -0.4 is 10.5 Å². The lowest BCUT2D eigenvalue weighted by molar-refractivity contribution is 0.292. The van der Waals surface area contributed by atoms with Crippen LogP contribution in [0.25, 0.3) is 11.4 Å². The summed E-state index contributed by atoms with van der Waals surface area (Å²) in [7, 11) is 0. The van der Waals surface area contributed by atoms with E-state index in [2.05, 4.69) is 15.0 Å². The Morgan fingerprint density at radius 2 is 2.11 bits per heavy atom. The van der Waals surface area contributed by atoms with Gasteiger partial charge in [-0.15, -0.1) is 0 Å². The molecule has 0 fully saturated rings. The number of benzene rings is 1. The van der Waals surface area contributed by atoms with E-state index in [4.69, 9.17) is 22.1 Å². The summed E-state index contributed by atoms with van der Waals surface area (Å²) in [5.74, 6) is -0.154. The number of hydrogen-bond acceptors (Lipinski definition) is 5. The van der Waals surface area contributed by atoms with Gasteiger partial charge in [-0.2, -0.15) is 15.0 Å². The Morgan fingerprint density at radius 1 is 1.32 bits per heavy atom. The van der Waals surface area contributed by atoms with Gasteiger partial charge in [-0.3, -0.25) is 0 Å². The van der Waals surface area contributed by atoms with Gasteiger partial charge in [0.2, 0.25) is 5.95 Å². The molecule has 0 aliphatic heterocycles. The van der Waals surface area contributed by atoms with Crippen LogP contribution in [0.3, 0.4) is 0 Å². The van der Waals surface area contributed by atoms with Crippen molar-refractivity contribution in [3.05, 3.63) is 29.0 Å². The number of rotatable bonds is 4. The second-order valence-electron chi connectivity index (χ2n) is 3.77. The quantitative estimate of drug-likeness (QED) is 0.933. The van der Waals surface area contributed by atoms with Gasteiger partial charge in [0, 0.05) is 5.56 Å². The van der Waals surface area contributed by atoms with Crippen LogP contribution in [0.2, 0.25) is 5.02 Å². The van der Waals surface area contributed by atoms with Gasteiger partial charge in [-0.25, -0.2) is 4.39 Å². The predicted molar refractivity (Wildman–Crippen MR) is 70.4 cm³/mol. The molecular weight excluding hydrogens is 271 g/mol. The fourth-order valence-corrected chi connectivity index (χ4v) is 1.67. The van der Waals surface area contributed by atoms with E-state index >= 15 is 0 Å². The van der Waals surface area contributed by atoms with Crippen molar-refractivity contribution in [2.24, 2.45) is 0 Å². The second-order valence-corrected chi connectivity index (χ2v) is 4.18. The normalized spacial score (nSPS) is 10.5. The topological polar surface area (TPSA) is 73.9 Å². The van der Waals surface area contributed by atoms with Crippen LogP contribution in [0.4, 0.5) is 10.3 Å². The van der Waals surface area contributed by atoms with E-state index in [1.807, 2.05) is 6.92 Å². The van der Waals surface area contributed by atoms with E-state index in [0.717, 1.165) is 6.42 Å². The number of nitrogen functional groups attached to an aromatic ring is 1. The Hall–Kier alpha value is -1.95. The number of ether oxygens (including phenoxy) is 1. The number of hydrogen-bond donors (Lipinski definition) is 1. The van der Waals surface area contributed by atoms with Crippen LogP contribution in [0.15, 0.2) is 18.2 Å². The van der Waals surface area contributed by atoms with Crippen molar-refractivity contribution in [3.63, 3.8) is 0 Å². The first-order chi connectivity index (χ1) is 9.10. The molecule has 19 heavy (non-hydrogen) atoms. The van der Waals surface area contributed by atoms with Crippen LogP contribution in [-0.2, 0) is 0 Å². The maximum absolute atomic E-state index is 13.0. The van der Waals surface area contributed by atoms with Gasteiger partial charge in [0.05, 0.1) is 11.6 Å². The monoisotopic (exact) mass is 282 g/mol. The van der Waals surface area contributed by atoms with Crippen molar-refractivity contribution in [1.82, 2.24) is 15.0 Å². The maximum Gasteiger partial charge on any atom is 0.321 e. The first-order valence-electron chi connectivity index (χ1n) is 5.70. The molecular formula is C12H12ClFN4O. The highest BCUT2D eigenvalue weighted by Crippen LogP contribution is 2.27. The van der Waals surface area contributed by atoms with Crippen LogP contribution in [0.1, 0.15) is 13.3 Å². The Balaban J connectivity index is 2.41. The lowest BCUT2D eigenvalue weighted by Crippen LogP contribution is -2.06. The average Bonchev–Trinajstić information content (AvgIpc) is 2.35. The SMILES string of the molecule is CCCOc1nc(N)nc(-c2ccc(F)cc2Cl)n1. The summed E-state index contributed by atoms with van der Waals surface area (Å²) >= 11 is 5.95. The zero-order chi connectivity index (χ0) is 13.8. The van der Waals surface area contributed by atoms with Crippen molar-refractivity contribution >= 4 is 17.5 Å². The van der Waals surface area contributed by atoms with Crippen LogP contribution in [0, 0.1) is 5.82 Å². The third-order valence-corrected chi connectivity index (χ3v) is 2.55. The zero-order valence-electron chi connectivity index (χ0n) is 10.2. The third-order valence-electron chi connectivity index (χ3n) is 2.24. The molecule has 5 nitrogen and oxygen atoms in total. The van der Waals surface area contributed by atoms with Crippen molar-refractivity contribution in [1.29, 1.82) is 0 Å². The zero-order valence-corrected chi connectivity index (χ0v) is 11.0. The summed E-state index contributed by atoms with van der Waals surface area (Å²) in [6.07, 6.45) is 0.818. The van der Waals surface area contributed by atoms with Crippen molar-refractivity contribution in [3.8, 4) is 17.4 Å². The number of nitrogens with zero attached hydrogens (tertiary/aromatic N) is 3. The smallest absolute Gasteiger partial charge is 0.321 e. The molecule has 0 bridgehead atoms. The summed E-state index contributed by atoms with van der Waals surface area (Å²) in [6, 6.07) is 4.07. The molecule has 0 unspecified atom stereocenters. The molecule has 0 amide bonds. The molecule has 0 aliphatic carbocycles. The third kappa shape index (κ3) is 3.29. The van der Waals surface area contributed by atoms with Crippen LogP contribution in [-0.4, -0.2) is 21.6 Å². The van der Waals surface area contributed by atoms with Gasteiger partial charge in [-0.05, 0) is 24.6 Å². The number of halogens is 2. The van der Waals surface area contributed by atoms with Crippen molar-refractivity contribution < 1.29 is 9.13 Å². The fraction of sp³-hybridized carbons (Fsp3) is 0.250. The van der Waals surface area contributed by atoms with E-state index in [1.54, 1.807) is 0 Å². The van der Waals surface area contributed by atoms with E-state index in [9.17, 15) is 4.39 Å². The maximum atomic E-state index is 13.0. The van der Waals surface area contributed by atoms with E-state index in [0.29, 0.717) is 12.2 Å². The lowest BCUT2D eigenvalue weighted by Gasteiger charge is -2.07. The summed E-state index contributed by atoms with van der Waals surface area (Å²) in [5, 5.41) is 0.201. The molecule has 2 rings (SSSR count). The van der Waals surface area contributed by atoms with Gasteiger partial charge in [0.15, 0.2) is 5.82 Å². The Kier molecular flexibility index (Phi) is 4.11. The minimum Gasteiger partial charge on any atom is -0.463 e. The molecule has 0 radical (unpaired) electrons. The molecule has 0 saturated heterocycles. The van der Waals surface area contributed by atoms with E-state index in [1.165, 1.54) is 18.2 Å². The standard InChI is InChI=1S/C12H12ClFN4O/c1-2-5-19-12-17-10(16-11(15)18-12)8-4-3-7(14)6-9(8)13/h3-4,6H,2,5H2,1H3,(H2,15,16,17,18). The predicted octanol–water partition coefficient (Wildman–Crippen LogP) is 2.70. The molecule has 7 heteroatoms. The first-order valence-corrected chi connectivity index (χ1v) is 6.07. The molecule has 0 atom stereocenters. The lowest BCUT2D eigenvalue weighted by atomic mass is 10.2. The summed E-state index contributed by atoms with van der Waals surface area (Å²) in [4.78, 5) is 11.9. The largest absolute Gasteiger partial charge is 0.463 e. The molecule has 100 valence electrons. The van der Waals surface area contributed by atoms with Gasteiger partial charge in [-0.1, -0.05) is 18.5 Å². The first kappa shape index (κ1) is 13.5. The molecule has 0 spiro atoms. The average molecular weight is 283 g/mol. The molecule has 0 aliphatic rings. The summed E-state index contributed by atoms with van der Waals surface area (Å²) in [6.45, 7) is 2.43. The number of anilines is 1. The number of aromatic nitrogens is 3. The van der Waals surface area contributed by atoms with Gasteiger partial charge in [0.1, 0.15) is 5.82 Å². The fourth-order valence-electron chi connectivity index (χ4n) is 1.42. The molecule has 1 aromatic heterocycles. The highest BCUT2D eigenvalue weighted by atomic mass is 35.5. The molecule has 0 saturated carbocycles. The second kappa shape index (κ2) is 5.79. The Bertz CT molecular complexity index is 594. The Morgan fingerprint density at radius 3 is 2.79 bits per heavy atom. The molecule has 1 heterocycles. The van der Waals surface area contributed by atoms with Gasteiger partial charge >= 0.3 is 6.01 Å². The Labute approximate surface area is 114 Å². The summed E-state index contributed by atoms with van der Waals surface area (Å²) in [5.41, 5.74) is 6.06. The van der Waals surface area contributed by atoms with E-state index in [-0.39, 0.29) is 22.8 Å². The van der Waals surface area contributed by atoms with Gasteiger partial charge in [0.25, 0.3) is 0 Å².